The number of fused-ring (bicyclic) bond motifs is 2. The summed E-state index contributed by atoms with van der Waals surface area (Å²) in [6.07, 6.45) is 2.26. The molecule has 5 rings (SSSR count). The second-order valence-corrected chi connectivity index (χ2v) is 7.87. The molecule has 5 nitrogen and oxygen atoms in total. The summed E-state index contributed by atoms with van der Waals surface area (Å²) in [5, 5.41) is 0. The van der Waals surface area contributed by atoms with Crippen LogP contribution in [0.25, 0.3) is 0 Å². The highest BCUT2D eigenvalue weighted by Gasteiger charge is 2.27. The van der Waals surface area contributed by atoms with E-state index in [1.807, 2.05) is 48.4 Å². The Balaban J connectivity index is 1.46. The number of aliphatic imine (C=N–C) groups is 1. The molecule has 2 aromatic carbocycles. The molecule has 1 aromatic heterocycles. The number of carbonyl (C=O) groups is 1. The van der Waals surface area contributed by atoms with Crippen molar-refractivity contribution in [3.05, 3.63) is 93.8 Å². The zero-order valence-electron chi connectivity index (χ0n) is 17.2. The molecule has 0 atom stereocenters. The molecule has 3 heterocycles. The van der Waals surface area contributed by atoms with Crippen LogP contribution in [0.2, 0.25) is 0 Å². The van der Waals surface area contributed by atoms with Crippen molar-refractivity contribution in [1.29, 1.82) is 0 Å². The van der Waals surface area contributed by atoms with E-state index in [2.05, 4.69) is 23.2 Å². The molecule has 0 bridgehead atoms. The average Bonchev–Trinajstić information content (AvgIpc) is 3.16. The molecular formula is C25H23N3O2. The summed E-state index contributed by atoms with van der Waals surface area (Å²) >= 11 is 0. The third-order valence-electron chi connectivity index (χ3n) is 5.87. The van der Waals surface area contributed by atoms with Gasteiger partial charge in [-0.25, -0.2) is 0 Å². The van der Waals surface area contributed by atoms with Gasteiger partial charge in [-0.1, -0.05) is 24.3 Å². The zero-order valence-corrected chi connectivity index (χ0v) is 17.2. The van der Waals surface area contributed by atoms with E-state index < -0.39 is 0 Å². The minimum absolute atomic E-state index is 0.150. The second kappa shape index (κ2) is 7.41. The Hall–Kier alpha value is -3.47. The molecule has 1 amide bonds. The fourth-order valence-electron chi connectivity index (χ4n) is 4.34. The maximum atomic E-state index is 12.8. The largest absolute Gasteiger partial charge is 0.496 e. The summed E-state index contributed by atoms with van der Waals surface area (Å²) in [5.41, 5.74) is 8.81. The quantitative estimate of drug-likeness (QED) is 0.672. The number of nitrogens with zero attached hydrogens (tertiary/aromatic N) is 3. The molecule has 0 saturated heterocycles. The van der Waals surface area contributed by atoms with E-state index in [9.17, 15) is 4.79 Å². The Kier molecular flexibility index (Phi) is 4.58. The van der Waals surface area contributed by atoms with Crippen molar-refractivity contribution in [2.75, 3.05) is 7.11 Å². The molecule has 0 aliphatic carbocycles. The number of amides is 1. The van der Waals surface area contributed by atoms with Gasteiger partial charge in [0, 0.05) is 41.7 Å². The van der Waals surface area contributed by atoms with Gasteiger partial charge in [0.15, 0.2) is 0 Å². The first-order chi connectivity index (χ1) is 14.6. The van der Waals surface area contributed by atoms with Crippen molar-refractivity contribution < 1.29 is 9.53 Å². The molecule has 0 spiro atoms. The average molecular weight is 397 g/mol. The molecule has 2 aliphatic heterocycles. The van der Waals surface area contributed by atoms with Gasteiger partial charge in [-0.3, -0.25) is 14.8 Å². The van der Waals surface area contributed by atoms with Gasteiger partial charge >= 0.3 is 0 Å². The number of pyridine rings is 1. The highest BCUT2D eigenvalue weighted by atomic mass is 16.5. The maximum absolute atomic E-state index is 12.8. The molecule has 0 fully saturated rings. The van der Waals surface area contributed by atoms with Crippen LogP contribution in [0.5, 0.6) is 5.75 Å². The van der Waals surface area contributed by atoms with Crippen LogP contribution in [0.15, 0.2) is 59.7 Å². The summed E-state index contributed by atoms with van der Waals surface area (Å²) in [7, 11) is 1.66. The van der Waals surface area contributed by atoms with Crippen molar-refractivity contribution >= 4 is 11.6 Å². The Morgan fingerprint density at radius 2 is 1.93 bits per heavy atom. The van der Waals surface area contributed by atoms with Crippen LogP contribution in [0.4, 0.5) is 0 Å². The first kappa shape index (κ1) is 18.6. The van der Waals surface area contributed by atoms with Crippen LogP contribution in [0.3, 0.4) is 0 Å². The lowest BCUT2D eigenvalue weighted by Gasteiger charge is -2.30. The third-order valence-corrected chi connectivity index (χ3v) is 5.87. The number of carbonyl (C=O) groups excluding carboxylic acids is 1. The van der Waals surface area contributed by atoms with Gasteiger partial charge in [-0.2, -0.15) is 0 Å². The number of hydrogen-bond donors (Lipinski definition) is 0. The van der Waals surface area contributed by atoms with Gasteiger partial charge in [0.25, 0.3) is 0 Å². The van der Waals surface area contributed by atoms with Crippen LogP contribution < -0.4 is 4.74 Å². The Bertz CT molecular complexity index is 1180. The summed E-state index contributed by atoms with van der Waals surface area (Å²) in [4.78, 5) is 23.8. The number of aromatic nitrogens is 1. The standard InChI is InChI=1S/C25H23N3O2/c1-16-9-17(7-8-26-16)25-22-11-21-15-28(14-18-5-3-4-6-23(18)30-2)24(29)12-19(21)10-20(22)13-27-25/h3-11H,12-15H2,1-2H3. The molecule has 3 aromatic rings. The van der Waals surface area contributed by atoms with Crippen molar-refractivity contribution in [2.45, 2.75) is 33.0 Å². The van der Waals surface area contributed by atoms with Crippen molar-refractivity contribution in [3.8, 4) is 5.75 Å². The molecule has 0 N–H and O–H groups in total. The topological polar surface area (TPSA) is 54.8 Å². The van der Waals surface area contributed by atoms with Crippen LogP contribution in [0, 0.1) is 6.92 Å². The number of ether oxygens (including phenoxy) is 1. The Labute approximate surface area is 176 Å². The van der Waals surface area contributed by atoms with Gasteiger partial charge in [0.2, 0.25) is 5.91 Å². The summed E-state index contributed by atoms with van der Waals surface area (Å²) in [5.74, 6) is 0.963. The van der Waals surface area contributed by atoms with Gasteiger partial charge < -0.3 is 9.64 Å². The minimum atomic E-state index is 0.150. The molecule has 5 heteroatoms. The first-order valence-corrected chi connectivity index (χ1v) is 10.1. The van der Waals surface area contributed by atoms with E-state index in [-0.39, 0.29) is 5.91 Å². The molecule has 0 unspecified atom stereocenters. The van der Waals surface area contributed by atoms with Crippen LogP contribution in [0.1, 0.15) is 39.1 Å². The molecular weight excluding hydrogens is 374 g/mol. The lowest BCUT2D eigenvalue weighted by Crippen LogP contribution is -2.36. The Morgan fingerprint density at radius 3 is 2.77 bits per heavy atom. The predicted molar refractivity (Wildman–Crippen MR) is 116 cm³/mol. The lowest BCUT2D eigenvalue weighted by atomic mass is 9.91. The van der Waals surface area contributed by atoms with E-state index in [0.29, 0.717) is 26.1 Å². The van der Waals surface area contributed by atoms with Gasteiger partial charge in [0.1, 0.15) is 5.75 Å². The van der Waals surface area contributed by atoms with Crippen molar-refractivity contribution in [1.82, 2.24) is 9.88 Å². The van der Waals surface area contributed by atoms with E-state index in [1.165, 1.54) is 16.7 Å². The van der Waals surface area contributed by atoms with Crippen LogP contribution in [-0.4, -0.2) is 28.6 Å². The summed E-state index contributed by atoms with van der Waals surface area (Å²) in [6, 6.07) is 16.4. The van der Waals surface area contributed by atoms with Crippen LogP contribution >= 0.6 is 0 Å². The summed E-state index contributed by atoms with van der Waals surface area (Å²) < 4.78 is 5.47. The van der Waals surface area contributed by atoms with E-state index >= 15 is 0 Å². The van der Waals surface area contributed by atoms with Gasteiger partial charge in [-0.05, 0) is 47.9 Å². The second-order valence-electron chi connectivity index (χ2n) is 7.87. The number of aryl methyl sites for hydroxylation is 1. The fourth-order valence-corrected chi connectivity index (χ4v) is 4.34. The smallest absolute Gasteiger partial charge is 0.227 e. The molecule has 150 valence electrons. The number of hydrogen-bond acceptors (Lipinski definition) is 4. The summed E-state index contributed by atoms with van der Waals surface area (Å²) in [6.45, 7) is 3.80. The minimum Gasteiger partial charge on any atom is -0.496 e. The van der Waals surface area contributed by atoms with E-state index in [1.54, 1.807) is 7.11 Å². The molecule has 30 heavy (non-hydrogen) atoms. The van der Waals surface area contributed by atoms with E-state index in [4.69, 9.17) is 9.73 Å². The normalized spacial score (nSPS) is 14.9. The molecule has 0 saturated carbocycles. The number of methoxy groups -OCH3 is 1. The number of rotatable bonds is 4. The highest BCUT2D eigenvalue weighted by molar-refractivity contribution is 6.15. The van der Waals surface area contributed by atoms with Gasteiger partial charge in [0.05, 0.1) is 25.8 Å². The third kappa shape index (κ3) is 3.26. The molecule has 2 aliphatic rings. The number of para-hydroxylation sites is 1. The first-order valence-electron chi connectivity index (χ1n) is 10.1. The zero-order chi connectivity index (χ0) is 20.7. The van der Waals surface area contributed by atoms with Crippen molar-refractivity contribution in [2.24, 2.45) is 4.99 Å². The maximum Gasteiger partial charge on any atom is 0.227 e. The number of benzene rings is 2. The SMILES string of the molecule is COc1ccccc1CN1Cc2cc3c(cc2CC1=O)CN=C3c1ccnc(C)c1. The molecule has 0 radical (unpaired) electrons. The Morgan fingerprint density at radius 1 is 1.07 bits per heavy atom. The van der Waals surface area contributed by atoms with Crippen molar-refractivity contribution in [3.63, 3.8) is 0 Å². The lowest BCUT2D eigenvalue weighted by molar-refractivity contribution is -0.132. The predicted octanol–water partition coefficient (Wildman–Crippen LogP) is 3.83. The highest BCUT2D eigenvalue weighted by Crippen LogP contribution is 2.31. The van der Waals surface area contributed by atoms with Crippen LogP contribution in [-0.2, 0) is 30.8 Å². The fraction of sp³-hybridized carbons (Fsp3) is 0.240. The monoisotopic (exact) mass is 397 g/mol. The van der Waals surface area contributed by atoms with Gasteiger partial charge in [-0.15, -0.1) is 0 Å². The van der Waals surface area contributed by atoms with E-state index in [0.717, 1.165) is 33.8 Å².